The number of nitrogens with zero attached hydrogens (tertiary/aromatic N) is 3. The first-order valence-corrected chi connectivity index (χ1v) is 10.8. The highest BCUT2D eigenvalue weighted by Crippen LogP contribution is 2.41. The molecular weight excluding hydrogens is 410 g/mol. The van der Waals surface area contributed by atoms with Crippen molar-refractivity contribution in [2.24, 2.45) is 5.92 Å². The van der Waals surface area contributed by atoms with Crippen molar-refractivity contribution < 1.29 is 23.7 Å². The summed E-state index contributed by atoms with van der Waals surface area (Å²) in [5.41, 5.74) is 2.40. The molecule has 2 fully saturated rings. The molecule has 1 aliphatic carbocycles. The molecule has 5 rings (SSSR count). The van der Waals surface area contributed by atoms with Crippen molar-refractivity contribution in [3.8, 4) is 11.3 Å². The third kappa shape index (κ3) is 3.41. The van der Waals surface area contributed by atoms with Gasteiger partial charge in [-0.15, -0.1) is 0 Å². The molecule has 0 spiro atoms. The number of aromatic nitrogens is 2. The van der Waals surface area contributed by atoms with E-state index >= 15 is 0 Å². The van der Waals surface area contributed by atoms with E-state index in [1.807, 2.05) is 12.1 Å². The molecule has 164 valence electrons. The molecule has 3 heterocycles. The van der Waals surface area contributed by atoms with Gasteiger partial charge in [0.15, 0.2) is 5.76 Å². The minimum atomic E-state index is -0.695. The Morgan fingerprint density at radius 3 is 2.44 bits per heavy atom. The Kier molecular flexibility index (Phi) is 5.13. The number of Topliss-reactive ketones (excluding diaryl/α,β-unsaturated/α-hetero) is 1. The SMILES string of the molecule is Cc1cc(/C(O)=C2/C(=O)C(=O)N(c3ccc(-c4ccon4)cc3)C2C2CCCCC2)no1. The van der Waals surface area contributed by atoms with E-state index in [0.29, 0.717) is 17.1 Å². The topological polar surface area (TPSA) is 110 Å². The maximum atomic E-state index is 13.2. The summed E-state index contributed by atoms with van der Waals surface area (Å²) >= 11 is 0. The molecule has 32 heavy (non-hydrogen) atoms. The van der Waals surface area contributed by atoms with E-state index in [2.05, 4.69) is 10.3 Å². The molecule has 8 nitrogen and oxygen atoms in total. The first-order chi connectivity index (χ1) is 15.5. The summed E-state index contributed by atoms with van der Waals surface area (Å²) in [5, 5.41) is 18.8. The number of carbonyl (C=O) groups is 2. The summed E-state index contributed by atoms with van der Waals surface area (Å²) in [6, 6.07) is 10.0. The van der Waals surface area contributed by atoms with Crippen molar-refractivity contribution in [2.45, 2.75) is 45.1 Å². The second-order valence-electron chi connectivity index (χ2n) is 8.36. The van der Waals surface area contributed by atoms with Crippen molar-refractivity contribution >= 4 is 23.1 Å². The fourth-order valence-corrected chi connectivity index (χ4v) is 4.81. The fourth-order valence-electron chi connectivity index (χ4n) is 4.81. The molecule has 1 aromatic carbocycles. The number of anilines is 1. The molecule has 2 aromatic heterocycles. The molecule has 0 radical (unpaired) electrons. The van der Waals surface area contributed by atoms with Crippen molar-refractivity contribution in [3.05, 3.63) is 59.7 Å². The van der Waals surface area contributed by atoms with Gasteiger partial charge in [0.2, 0.25) is 0 Å². The van der Waals surface area contributed by atoms with Gasteiger partial charge in [0, 0.05) is 23.4 Å². The maximum Gasteiger partial charge on any atom is 0.299 e. The highest BCUT2D eigenvalue weighted by atomic mass is 16.5. The monoisotopic (exact) mass is 433 g/mol. The van der Waals surface area contributed by atoms with Gasteiger partial charge in [-0.05, 0) is 37.8 Å². The predicted octanol–water partition coefficient (Wildman–Crippen LogP) is 4.47. The first kappa shape index (κ1) is 20.2. The normalized spacial score (nSPS) is 21.4. The smallest absolute Gasteiger partial charge is 0.299 e. The van der Waals surface area contributed by atoms with Gasteiger partial charge < -0.3 is 14.2 Å². The van der Waals surface area contributed by atoms with Gasteiger partial charge in [-0.2, -0.15) is 0 Å². The summed E-state index contributed by atoms with van der Waals surface area (Å²) in [7, 11) is 0. The zero-order valence-electron chi connectivity index (χ0n) is 17.7. The standard InChI is InChI=1S/C24H23N3O5/c1-14-13-19(26-32-14)22(28)20-21(16-5-3-2-4-6-16)27(24(30)23(20)29)17-9-7-15(8-10-17)18-11-12-31-25-18/h7-13,16,21,28H,2-6H2,1H3/b22-20-. The number of aliphatic hydroxyl groups excluding tert-OH is 1. The van der Waals surface area contributed by atoms with Crippen LogP contribution in [0.15, 0.2) is 57.3 Å². The maximum absolute atomic E-state index is 13.2. The van der Waals surface area contributed by atoms with Crippen LogP contribution in [-0.4, -0.2) is 33.2 Å². The molecule has 3 aromatic rings. The molecule has 1 saturated carbocycles. The van der Waals surface area contributed by atoms with E-state index in [1.165, 1.54) is 11.2 Å². The molecule has 1 amide bonds. The van der Waals surface area contributed by atoms with Crippen molar-refractivity contribution in [3.63, 3.8) is 0 Å². The molecule has 1 atom stereocenters. The first-order valence-electron chi connectivity index (χ1n) is 10.8. The Morgan fingerprint density at radius 1 is 1.06 bits per heavy atom. The van der Waals surface area contributed by atoms with Crippen LogP contribution in [0.4, 0.5) is 5.69 Å². The number of amides is 1. The zero-order chi connectivity index (χ0) is 22.2. The van der Waals surface area contributed by atoms with Gasteiger partial charge in [0.25, 0.3) is 11.7 Å². The third-order valence-electron chi connectivity index (χ3n) is 6.33. The lowest BCUT2D eigenvalue weighted by Crippen LogP contribution is -2.40. The van der Waals surface area contributed by atoms with E-state index in [-0.39, 0.29) is 22.9 Å². The van der Waals surface area contributed by atoms with Crippen molar-refractivity contribution in [1.82, 2.24) is 10.3 Å². The largest absolute Gasteiger partial charge is 0.505 e. The summed E-state index contributed by atoms with van der Waals surface area (Å²) in [4.78, 5) is 27.8. The number of rotatable bonds is 4. The lowest BCUT2D eigenvalue weighted by atomic mass is 9.80. The van der Waals surface area contributed by atoms with Crippen LogP contribution in [0.5, 0.6) is 0 Å². The number of hydrogen-bond donors (Lipinski definition) is 1. The van der Waals surface area contributed by atoms with E-state index in [9.17, 15) is 14.7 Å². The molecule has 8 heteroatoms. The lowest BCUT2D eigenvalue weighted by Gasteiger charge is -2.34. The van der Waals surface area contributed by atoms with Crippen LogP contribution in [-0.2, 0) is 9.59 Å². The van der Waals surface area contributed by atoms with Crippen LogP contribution in [0.1, 0.15) is 43.6 Å². The Bertz CT molecular complexity index is 1170. The highest BCUT2D eigenvalue weighted by Gasteiger charge is 2.49. The van der Waals surface area contributed by atoms with Crippen LogP contribution in [0, 0.1) is 12.8 Å². The molecule has 1 unspecified atom stereocenters. The van der Waals surface area contributed by atoms with E-state index in [1.54, 1.807) is 31.2 Å². The minimum absolute atomic E-state index is 0.0690. The zero-order valence-corrected chi connectivity index (χ0v) is 17.7. The molecule has 2 aliphatic rings. The van der Waals surface area contributed by atoms with Crippen LogP contribution < -0.4 is 4.90 Å². The van der Waals surface area contributed by atoms with Crippen molar-refractivity contribution in [2.75, 3.05) is 4.90 Å². The van der Waals surface area contributed by atoms with Gasteiger partial charge >= 0.3 is 0 Å². The summed E-state index contributed by atoms with van der Waals surface area (Å²) in [6.45, 7) is 1.71. The second-order valence-corrected chi connectivity index (χ2v) is 8.36. The molecule has 1 aliphatic heterocycles. The van der Waals surface area contributed by atoms with Crippen LogP contribution >= 0.6 is 0 Å². The van der Waals surface area contributed by atoms with Crippen LogP contribution in [0.2, 0.25) is 0 Å². The second kappa shape index (κ2) is 8.11. The lowest BCUT2D eigenvalue weighted by molar-refractivity contribution is -0.132. The predicted molar refractivity (Wildman–Crippen MR) is 116 cm³/mol. The third-order valence-corrected chi connectivity index (χ3v) is 6.33. The van der Waals surface area contributed by atoms with Gasteiger partial charge in [0.1, 0.15) is 23.4 Å². The van der Waals surface area contributed by atoms with Gasteiger partial charge in [0.05, 0.1) is 11.6 Å². The summed E-state index contributed by atoms with van der Waals surface area (Å²) in [6.07, 6.45) is 6.45. The number of aliphatic hydroxyl groups is 1. The highest BCUT2D eigenvalue weighted by molar-refractivity contribution is 6.51. The molecule has 1 saturated heterocycles. The average Bonchev–Trinajstić information content (AvgIpc) is 3.55. The van der Waals surface area contributed by atoms with E-state index in [0.717, 1.165) is 37.7 Å². The number of aryl methyl sites for hydroxylation is 1. The summed E-state index contributed by atoms with van der Waals surface area (Å²) < 4.78 is 9.98. The van der Waals surface area contributed by atoms with E-state index in [4.69, 9.17) is 9.05 Å². The van der Waals surface area contributed by atoms with Gasteiger partial charge in [-0.3, -0.25) is 14.5 Å². The van der Waals surface area contributed by atoms with Crippen LogP contribution in [0.25, 0.3) is 17.0 Å². The average molecular weight is 433 g/mol. The van der Waals surface area contributed by atoms with Crippen LogP contribution in [0.3, 0.4) is 0 Å². The van der Waals surface area contributed by atoms with Crippen molar-refractivity contribution in [1.29, 1.82) is 0 Å². The summed E-state index contributed by atoms with van der Waals surface area (Å²) in [5.74, 6) is -1.04. The van der Waals surface area contributed by atoms with Gasteiger partial charge in [-0.1, -0.05) is 41.7 Å². The minimum Gasteiger partial charge on any atom is -0.505 e. The van der Waals surface area contributed by atoms with Gasteiger partial charge in [-0.25, -0.2) is 0 Å². The number of carbonyl (C=O) groups excluding carboxylic acids is 2. The molecule has 1 N–H and O–H groups in total. The molecular formula is C24H23N3O5. The Balaban J connectivity index is 1.59. The number of hydrogen-bond acceptors (Lipinski definition) is 7. The Labute approximate surface area is 184 Å². The Morgan fingerprint density at radius 2 is 1.81 bits per heavy atom. The quantitative estimate of drug-likeness (QED) is 0.367. The van der Waals surface area contributed by atoms with E-state index < -0.39 is 17.7 Å². The number of benzene rings is 1. The molecule has 0 bridgehead atoms. The Hall–Kier alpha value is -3.68. The fraction of sp³-hybridized carbons (Fsp3) is 0.333. The number of ketones is 1.